The molecule has 0 aromatic heterocycles. The third kappa shape index (κ3) is 17.5. The Hall–Kier alpha value is -7.70. The molecular weight excluding hydrogens is 905 g/mol. The van der Waals surface area contributed by atoms with Crippen molar-refractivity contribution >= 4 is 45.7 Å². The molecule has 6 aromatic rings. The second kappa shape index (κ2) is 27.2. The van der Waals surface area contributed by atoms with Gasteiger partial charge in [-0.15, -0.1) is 0 Å². The Labute approximate surface area is 412 Å². The van der Waals surface area contributed by atoms with Gasteiger partial charge in [0, 0.05) is 55.3 Å². The molecule has 0 fully saturated rings. The van der Waals surface area contributed by atoms with Gasteiger partial charge in [-0.1, -0.05) is 49.0 Å². The molecule has 0 aliphatic heterocycles. The van der Waals surface area contributed by atoms with Crippen molar-refractivity contribution in [3.63, 3.8) is 0 Å². The summed E-state index contributed by atoms with van der Waals surface area (Å²) in [5.41, 5.74) is 6.55. The van der Waals surface area contributed by atoms with E-state index < -0.39 is 11.9 Å². The molecule has 0 atom stereocenters. The topological polar surface area (TPSA) is 114 Å². The van der Waals surface area contributed by atoms with Crippen LogP contribution in [0.5, 0.6) is 17.2 Å². The number of hydrogen-bond donors (Lipinski definition) is 0. The highest BCUT2D eigenvalue weighted by molar-refractivity contribution is 8.14. The van der Waals surface area contributed by atoms with Crippen LogP contribution < -0.4 is 14.2 Å². The van der Waals surface area contributed by atoms with E-state index in [0.29, 0.717) is 68.5 Å². The molecule has 0 radical (unpaired) electrons. The zero-order valence-corrected chi connectivity index (χ0v) is 39.8. The van der Waals surface area contributed by atoms with E-state index in [1.54, 1.807) is 48.5 Å². The van der Waals surface area contributed by atoms with Crippen LogP contribution >= 0.6 is 23.5 Å². The van der Waals surface area contributed by atoms with E-state index in [1.165, 1.54) is 0 Å². The maximum atomic E-state index is 12.9. The third-order valence-electron chi connectivity index (χ3n) is 9.97. The van der Waals surface area contributed by atoms with Gasteiger partial charge >= 0.3 is 11.9 Å². The molecule has 0 heterocycles. The molecule has 0 spiro atoms. The summed E-state index contributed by atoms with van der Waals surface area (Å²) in [6, 6.07) is 43.1. The minimum atomic E-state index is -0.431. The molecule has 6 rings (SSSR count). The molecule has 0 N–H and O–H groups in total. The predicted octanol–water partition coefficient (Wildman–Crippen LogP) is 12.0. The number of carbonyl (C=O) groups is 4. The Balaban J connectivity index is 0.893. The maximum Gasteiger partial charge on any atom is 0.330 e. The summed E-state index contributed by atoms with van der Waals surface area (Å²) in [5, 5.41) is -0.138. The number of rotatable bonds is 21. The summed E-state index contributed by atoms with van der Waals surface area (Å²) in [4.78, 5) is 49.6. The molecule has 0 saturated carbocycles. The van der Waals surface area contributed by atoms with Crippen molar-refractivity contribution in [2.24, 2.45) is 0 Å². The van der Waals surface area contributed by atoms with Crippen molar-refractivity contribution in [1.29, 1.82) is 0 Å². The summed E-state index contributed by atoms with van der Waals surface area (Å²) in [5.74, 6) is 14.1. The number of unbranched alkanes of at least 4 members (excludes halogenated alkanes) is 2. The van der Waals surface area contributed by atoms with Gasteiger partial charge < -0.3 is 23.7 Å². The number of aryl methyl sites for hydroxylation is 1. The normalized spacial score (nSPS) is 10.3. The van der Waals surface area contributed by atoms with Gasteiger partial charge in [-0.25, -0.2) is 9.59 Å². The quantitative estimate of drug-likeness (QED) is 0.0226. The Bertz CT molecular complexity index is 2830. The van der Waals surface area contributed by atoms with Gasteiger partial charge in [0.05, 0.1) is 26.4 Å². The van der Waals surface area contributed by atoms with Crippen LogP contribution in [-0.2, 0) is 25.7 Å². The number of carbonyl (C=O) groups excluding carboxylic acids is 4. The van der Waals surface area contributed by atoms with Gasteiger partial charge in [-0.2, -0.15) is 0 Å². The second-order valence-corrected chi connectivity index (χ2v) is 17.3. The lowest BCUT2D eigenvalue weighted by Crippen LogP contribution is -2.04. The molecule has 0 saturated heterocycles. The van der Waals surface area contributed by atoms with Crippen molar-refractivity contribution in [1.82, 2.24) is 0 Å². The minimum absolute atomic E-state index is 0.0682. The molecule has 0 amide bonds. The predicted molar refractivity (Wildman–Crippen MR) is 272 cm³/mol. The van der Waals surface area contributed by atoms with Crippen LogP contribution in [0.4, 0.5) is 0 Å². The first-order valence-corrected chi connectivity index (χ1v) is 23.8. The molecule has 0 bridgehead atoms. The maximum absolute atomic E-state index is 12.9. The highest BCUT2D eigenvalue weighted by Crippen LogP contribution is 2.27. The highest BCUT2D eigenvalue weighted by Gasteiger charge is 2.11. The second-order valence-electron chi connectivity index (χ2n) is 15.2. The fourth-order valence-electron chi connectivity index (χ4n) is 6.19. The average Bonchev–Trinajstić information content (AvgIpc) is 3.38. The first-order valence-electron chi connectivity index (χ1n) is 22.2. The first-order chi connectivity index (χ1) is 33.6. The SMILES string of the molecule is C=CC(=O)OCCCCOc1ccc(C(=O)Sc2ccc(C#Cc3ccc(COc4ccc(C#Cc5ccc(SC(=O)c6ccc(OCCCCOC(=O)C=C)cc6)cc5)cc4C)cc3)cc2)cc1. The van der Waals surface area contributed by atoms with Crippen LogP contribution in [0.25, 0.3) is 0 Å². The molecule has 0 aliphatic rings. The van der Waals surface area contributed by atoms with Gasteiger partial charge in [0.2, 0.25) is 10.2 Å². The van der Waals surface area contributed by atoms with E-state index in [0.717, 1.165) is 97.4 Å². The first kappa shape index (κ1) is 50.7. The van der Waals surface area contributed by atoms with Gasteiger partial charge in [0.25, 0.3) is 0 Å². The fourth-order valence-corrected chi connectivity index (χ4v) is 7.67. The number of esters is 2. The Kier molecular flexibility index (Phi) is 20.0. The standard InChI is InChI=1S/C58H50O9S2/c1-4-55(59)65-38-8-6-36-63-50-27-23-48(24-28-50)57(61)68-52-31-18-44(19-32-52)11-10-43-13-16-47(17-14-43)41-67-54-35-22-46(40-42(54)3)15-12-45-20-33-53(34-21-45)69-58(62)49-25-29-51(30-26-49)64-37-7-9-39-66-56(60)5-2/h4-5,13-14,16-35,40H,1-2,6-9,36-39,41H2,3H3. The summed E-state index contributed by atoms with van der Waals surface area (Å²) in [6.07, 6.45) is 5.12. The largest absolute Gasteiger partial charge is 0.494 e. The number of ether oxygens (including phenoxy) is 5. The fraction of sp³-hybridized carbons (Fsp3) is 0.172. The summed E-state index contributed by atoms with van der Waals surface area (Å²) in [6.45, 7) is 10.7. The molecular formula is C58H50O9S2. The molecule has 69 heavy (non-hydrogen) atoms. The van der Waals surface area contributed by atoms with Crippen LogP contribution in [0.3, 0.4) is 0 Å². The Morgan fingerprint density at radius 3 is 1.29 bits per heavy atom. The van der Waals surface area contributed by atoms with Crippen LogP contribution in [0, 0.1) is 30.6 Å². The lowest BCUT2D eigenvalue weighted by Gasteiger charge is -2.09. The summed E-state index contributed by atoms with van der Waals surface area (Å²) >= 11 is 2.31. The van der Waals surface area contributed by atoms with Crippen molar-refractivity contribution < 1.29 is 42.9 Å². The average molecular weight is 955 g/mol. The Morgan fingerprint density at radius 2 is 0.870 bits per heavy atom. The molecule has 6 aromatic carbocycles. The van der Waals surface area contributed by atoms with E-state index in [9.17, 15) is 19.2 Å². The van der Waals surface area contributed by atoms with Crippen molar-refractivity contribution in [3.8, 4) is 40.9 Å². The van der Waals surface area contributed by atoms with E-state index >= 15 is 0 Å². The molecule has 11 heteroatoms. The third-order valence-corrected chi connectivity index (χ3v) is 11.8. The van der Waals surface area contributed by atoms with Gasteiger partial charge in [0.15, 0.2) is 0 Å². The lowest BCUT2D eigenvalue weighted by atomic mass is 10.1. The van der Waals surface area contributed by atoms with E-state index in [-0.39, 0.29) is 10.2 Å². The van der Waals surface area contributed by atoms with Gasteiger partial charge in [0.1, 0.15) is 23.9 Å². The van der Waals surface area contributed by atoms with Gasteiger partial charge in [-0.05, 0) is 195 Å². The van der Waals surface area contributed by atoms with Crippen molar-refractivity contribution in [2.45, 2.75) is 49.0 Å². The van der Waals surface area contributed by atoms with E-state index in [2.05, 4.69) is 36.8 Å². The summed E-state index contributed by atoms with van der Waals surface area (Å²) in [7, 11) is 0. The lowest BCUT2D eigenvalue weighted by molar-refractivity contribution is -0.138. The molecule has 348 valence electrons. The smallest absolute Gasteiger partial charge is 0.330 e. The van der Waals surface area contributed by atoms with E-state index in [1.807, 2.05) is 97.9 Å². The van der Waals surface area contributed by atoms with E-state index in [4.69, 9.17) is 23.7 Å². The van der Waals surface area contributed by atoms with Crippen LogP contribution in [0.2, 0.25) is 0 Å². The Morgan fingerprint density at radius 1 is 0.478 bits per heavy atom. The van der Waals surface area contributed by atoms with Crippen LogP contribution in [0.15, 0.2) is 175 Å². The van der Waals surface area contributed by atoms with Crippen molar-refractivity contribution in [2.75, 3.05) is 26.4 Å². The molecule has 0 unspecified atom stereocenters. The number of benzene rings is 6. The minimum Gasteiger partial charge on any atom is -0.494 e. The number of hydrogen-bond acceptors (Lipinski definition) is 11. The molecule has 0 aliphatic carbocycles. The zero-order valence-electron chi connectivity index (χ0n) is 38.2. The monoisotopic (exact) mass is 954 g/mol. The summed E-state index contributed by atoms with van der Waals surface area (Å²) < 4.78 is 27.5. The zero-order chi connectivity index (χ0) is 48.6. The van der Waals surface area contributed by atoms with Gasteiger partial charge in [-0.3, -0.25) is 9.59 Å². The van der Waals surface area contributed by atoms with Crippen LogP contribution in [-0.4, -0.2) is 48.6 Å². The van der Waals surface area contributed by atoms with Crippen LogP contribution in [0.1, 0.15) is 79.8 Å². The number of thioether (sulfide) groups is 2. The highest BCUT2D eigenvalue weighted by atomic mass is 32.2. The molecule has 9 nitrogen and oxygen atoms in total. The van der Waals surface area contributed by atoms with Crippen molar-refractivity contribution in [3.05, 3.63) is 209 Å².